The third-order valence-corrected chi connectivity index (χ3v) is 7.01. The van der Waals surface area contributed by atoms with Gasteiger partial charge in [-0.2, -0.15) is 0 Å². The highest BCUT2D eigenvalue weighted by molar-refractivity contribution is 5.87. The SMILES string of the molecule is O=C(OC1CCN2CC3CC(CN4C(=O)CCCC34)C2C1)c1ccc[nH]1. The summed E-state index contributed by atoms with van der Waals surface area (Å²) in [4.78, 5) is 32.4. The molecule has 4 saturated heterocycles. The summed E-state index contributed by atoms with van der Waals surface area (Å²) in [5.74, 6) is 1.26. The number of fused-ring (bicyclic) bond motifs is 6. The monoisotopic (exact) mass is 357 g/mol. The van der Waals surface area contributed by atoms with E-state index in [4.69, 9.17) is 4.74 Å². The van der Waals surface area contributed by atoms with Crippen LogP contribution in [0.15, 0.2) is 18.3 Å². The Kier molecular flexibility index (Phi) is 4.03. The van der Waals surface area contributed by atoms with Crippen molar-refractivity contribution >= 4 is 11.9 Å². The number of piperidine rings is 4. The van der Waals surface area contributed by atoms with Gasteiger partial charge in [0, 0.05) is 50.8 Å². The number of H-pyrrole nitrogens is 1. The number of esters is 1. The zero-order valence-corrected chi connectivity index (χ0v) is 15.1. The Labute approximate surface area is 153 Å². The Balaban J connectivity index is 1.28. The summed E-state index contributed by atoms with van der Waals surface area (Å²) in [6, 6.07) is 4.48. The number of ether oxygens (including phenoxy) is 1. The van der Waals surface area contributed by atoms with E-state index in [-0.39, 0.29) is 12.1 Å². The van der Waals surface area contributed by atoms with E-state index in [0.717, 1.165) is 45.3 Å². The minimum Gasteiger partial charge on any atom is -0.458 e. The summed E-state index contributed by atoms with van der Waals surface area (Å²) < 4.78 is 5.77. The van der Waals surface area contributed by atoms with Gasteiger partial charge in [-0.25, -0.2) is 4.79 Å². The van der Waals surface area contributed by atoms with Gasteiger partial charge < -0.3 is 14.6 Å². The van der Waals surface area contributed by atoms with E-state index in [0.29, 0.717) is 35.5 Å². The predicted octanol–water partition coefficient (Wildman–Crippen LogP) is 2.04. The van der Waals surface area contributed by atoms with Gasteiger partial charge in [0.1, 0.15) is 11.8 Å². The lowest BCUT2D eigenvalue weighted by atomic mass is 9.70. The maximum absolute atomic E-state index is 12.4. The standard InChI is InChI=1S/C20H27N3O3/c24-19-5-1-4-17-13-9-14(12-23(17)19)18-10-15(6-8-22(18)11-13)26-20(25)16-3-2-7-21-16/h2-3,7,13-15,17-18,21H,1,4-6,8-12H2. The van der Waals surface area contributed by atoms with Crippen LogP contribution in [0.2, 0.25) is 0 Å². The van der Waals surface area contributed by atoms with Crippen molar-refractivity contribution < 1.29 is 14.3 Å². The largest absolute Gasteiger partial charge is 0.458 e. The number of hydrogen-bond acceptors (Lipinski definition) is 4. The molecular formula is C20H27N3O3. The zero-order chi connectivity index (χ0) is 17.7. The highest BCUT2D eigenvalue weighted by atomic mass is 16.5. The Morgan fingerprint density at radius 3 is 2.88 bits per heavy atom. The van der Waals surface area contributed by atoms with Crippen molar-refractivity contribution in [1.29, 1.82) is 0 Å². The average molecular weight is 357 g/mol. The number of carbonyl (C=O) groups is 2. The van der Waals surface area contributed by atoms with Crippen LogP contribution in [0.4, 0.5) is 0 Å². The molecule has 0 saturated carbocycles. The fraction of sp³-hybridized carbons (Fsp3) is 0.700. The second-order valence-electron chi connectivity index (χ2n) is 8.46. The number of aromatic amines is 1. The van der Waals surface area contributed by atoms with Crippen LogP contribution in [0.25, 0.3) is 0 Å². The molecule has 2 bridgehead atoms. The molecule has 6 nitrogen and oxygen atoms in total. The Morgan fingerprint density at radius 2 is 2.04 bits per heavy atom. The first-order valence-corrected chi connectivity index (χ1v) is 10.1. The summed E-state index contributed by atoms with van der Waals surface area (Å²) in [5, 5.41) is 0. The number of hydrogen-bond donors (Lipinski definition) is 1. The van der Waals surface area contributed by atoms with Crippen molar-refractivity contribution in [2.45, 2.75) is 56.7 Å². The fourth-order valence-electron chi connectivity index (χ4n) is 5.83. The molecule has 5 rings (SSSR count). The van der Waals surface area contributed by atoms with Crippen LogP contribution >= 0.6 is 0 Å². The molecular weight excluding hydrogens is 330 g/mol. The molecule has 5 atom stereocenters. The second-order valence-corrected chi connectivity index (χ2v) is 8.46. The Morgan fingerprint density at radius 1 is 1.15 bits per heavy atom. The minimum absolute atomic E-state index is 0.0154. The van der Waals surface area contributed by atoms with Gasteiger partial charge in [-0.1, -0.05) is 0 Å². The summed E-state index contributed by atoms with van der Waals surface area (Å²) in [7, 11) is 0. The summed E-state index contributed by atoms with van der Waals surface area (Å²) in [6.45, 7) is 3.01. The summed E-state index contributed by atoms with van der Waals surface area (Å²) >= 11 is 0. The smallest absolute Gasteiger partial charge is 0.355 e. The average Bonchev–Trinajstić information content (AvgIpc) is 3.18. The molecule has 1 aromatic rings. The topological polar surface area (TPSA) is 65.6 Å². The normalized spacial score (nSPS) is 37.0. The molecule has 0 aliphatic carbocycles. The highest BCUT2D eigenvalue weighted by Gasteiger charge is 2.49. The quantitative estimate of drug-likeness (QED) is 0.823. The van der Waals surface area contributed by atoms with E-state index in [1.165, 1.54) is 12.8 Å². The molecule has 140 valence electrons. The van der Waals surface area contributed by atoms with Crippen LogP contribution in [0.3, 0.4) is 0 Å². The molecule has 5 heterocycles. The molecule has 1 aromatic heterocycles. The second kappa shape index (κ2) is 6.41. The lowest BCUT2D eigenvalue weighted by Crippen LogP contribution is -2.65. The van der Waals surface area contributed by atoms with Crippen LogP contribution in [-0.4, -0.2) is 64.5 Å². The first-order valence-electron chi connectivity index (χ1n) is 10.1. The number of nitrogens with zero attached hydrogens (tertiary/aromatic N) is 2. The fourth-order valence-corrected chi connectivity index (χ4v) is 5.83. The number of rotatable bonds is 2. The van der Waals surface area contributed by atoms with E-state index < -0.39 is 0 Å². The minimum atomic E-state index is -0.253. The van der Waals surface area contributed by atoms with Gasteiger partial charge in [0.25, 0.3) is 0 Å². The van der Waals surface area contributed by atoms with Crippen molar-refractivity contribution in [1.82, 2.24) is 14.8 Å². The maximum Gasteiger partial charge on any atom is 0.355 e. The van der Waals surface area contributed by atoms with Crippen LogP contribution < -0.4 is 0 Å². The molecule has 26 heavy (non-hydrogen) atoms. The molecule has 1 amide bonds. The summed E-state index contributed by atoms with van der Waals surface area (Å²) in [6.07, 6.45) is 7.73. The molecule has 0 radical (unpaired) electrons. The number of nitrogens with one attached hydrogen (secondary N) is 1. The van der Waals surface area contributed by atoms with Gasteiger partial charge >= 0.3 is 5.97 Å². The van der Waals surface area contributed by atoms with E-state index >= 15 is 0 Å². The van der Waals surface area contributed by atoms with E-state index in [9.17, 15) is 9.59 Å². The van der Waals surface area contributed by atoms with Crippen LogP contribution in [-0.2, 0) is 9.53 Å². The van der Waals surface area contributed by atoms with Crippen LogP contribution in [0, 0.1) is 11.8 Å². The molecule has 6 heteroatoms. The van der Waals surface area contributed by atoms with E-state index in [1.54, 1.807) is 12.3 Å². The number of amides is 1. The lowest BCUT2D eigenvalue weighted by Gasteiger charge is -2.57. The van der Waals surface area contributed by atoms with Crippen molar-refractivity contribution in [3.63, 3.8) is 0 Å². The van der Waals surface area contributed by atoms with Gasteiger partial charge in [0.15, 0.2) is 0 Å². The predicted molar refractivity (Wildman–Crippen MR) is 95.5 cm³/mol. The Hall–Kier alpha value is -1.82. The van der Waals surface area contributed by atoms with E-state index in [1.807, 2.05) is 6.07 Å². The van der Waals surface area contributed by atoms with Gasteiger partial charge in [0.2, 0.25) is 5.91 Å². The maximum atomic E-state index is 12.4. The molecule has 0 aromatic carbocycles. The number of carbonyl (C=O) groups excluding carboxylic acids is 2. The van der Waals surface area contributed by atoms with Gasteiger partial charge in [-0.15, -0.1) is 0 Å². The highest BCUT2D eigenvalue weighted by Crippen LogP contribution is 2.43. The Bertz CT molecular complexity index is 688. The van der Waals surface area contributed by atoms with Gasteiger partial charge in [-0.05, 0) is 49.7 Å². The third-order valence-electron chi connectivity index (χ3n) is 7.01. The van der Waals surface area contributed by atoms with Crippen LogP contribution in [0.1, 0.15) is 49.0 Å². The van der Waals surface area contributed by atoms with Gasteiger partial charge in [-0.3, -0.25) is 9.69 Å². The first-order chi connectivity index (χ1) is 12.7. The van der Waals surface area contributed by atoms with Crippen molar-refractivity contribution in [2.24, 2.45) is 11.8 Å². The first kappa shape index (κ1) is 16.4. The molecule has 4 aliphatic heterocycles. The molecule has 4 aliphatic rings. The lowest BCUT2D eigenvalue weighted by molar-refractivity contribution is -0.150. The van der Waals surface area contributed by atoms with E-state index in [2.05, 4.69) is 14.8 Å². The molecule has 5 unspecified atom stereocenters. The van der Waals surface area contributed by atoms with Gasteiger partial charge in [0.05, 0.1) is 0 Å². The van der Waals surface area contributed by atoms with Crippen molar-refractivity contribution in [2.75, 3.05) is 19.6 Å². The zero-order valence-electron chi connectivity index (χ0n) is 15.1. The summed E-state index contributed by atoms with van der Waals surface area (Å²) in [5.41, 5.74) is 0.524. The molecule has 4 fully saturated rings. The van der Waals surface area contributed by atoms with Crippen molar-refractivity contribution in [3.05, 3.63) is 24.0 Å². The van der Waals surface area contributed by atoms with Crippen molar-refractivity contribution in [3.8, 4) is 0 Å². The van der Waals surface area contributed by atoms with Crippen LogP contribution in [0.5, 0.6) is 0 Å². The molecule has 1 N–H and O–H groups in total. The third kappa shape index (κ3) is 2.75. The molecule has 0 spiro atoms. The number of aromatic nitrogens is 1.